The van der Waals surface area contributed by atoms with Crippen molar-refractivity contribution in [1.29, 1.82) is 0 Å². The van der Waals surface area contributed by atoms with Crippen molar-refractivity contribution in [2.75, 3.05) is 0 Å². The maximum atomic E-state index is 11.9. The predicted octanol–water partition coefficient (Wildman–Crippen LogP) is 2.73. The van der Waals surface area contributed by atoms with Crippen LogP contribution in [0, 0.1) is 0 Å². The average molecular weight is 217 g/mol. The Morgan fingerprint density at radius 1 is 1.56 bits per heavy atom. The Morgan fingerprint density at radius 2 is 2.31 bits per heavy atom. The Bertz CT molecular complexity index is 371. The quantitative estimate of drug-likeness (QED) is 0.588. The second kappa shape index (κ2) is 6.23. The van der Waals surface area contributed by atoms with Crippen molar-refractivity contribution in [1.82, 2.24) is 0 Å². The molecule has 86 valence electrons. The molecule has 0 bridgehead atoms. The summed E-state index contributed by atoms with van der Waals surface area (Å²) in [5.74, 6) is -0.00199. The molecule has 0 saturated heterocycles. The molecule has 1 aromatic rings. The van der Waals surface area contributed by atoms with Gasteiger partial charge >= 0.3 is 0 Å². The number of ketones is 1. The van der Waals surface area contributed by atoms with Crippen molar-refractivity contribution < 1.29 is 4.79 Å². The van der Waals surface area contributed by atoms with Crippen LogP contribution < -0.4 is 5.73 Å². The molecule has 0 fully saturated rings. The van der Waals surface area contributed by atoms with Crippen LogP contribution in [-0.2, 0) is 6.42 Å². The standard InChI is InChI=1S/C14H19NO/c1-3-6-11-8-5-9-12(10-11)14(16)13(15)7-4-2/h4-5,8-10,13H,2-3,6-7,15H2,1H3. The van der Waals surface area contributed by atoms with Gasteiger partial charge in [-0.2, -0.15) is 0 Å². The molecule has 16 heavy (non-hydrogen) atoms. The van der Waals surface area contributed by atoms with Crippen LogP contribution in [0.15, 0.2) is 36.9 Å². The van der Waals surface area contributed by atoms with E-state index in [9.17, 15) is 4.79 Å². The zero-order chi connectivity index (χ0) is 12.0. The van der Waals surface area contributed by atoms with E-state index in [4.69, 9.17) is 5.73 Å². The highest BCUT2D eigenvalue weighted by atomic mass is 16.1. The largest absolute Gasteiger partial charge is 0.321 e. The number of hydrogen-bond donors (Lipinski definition) is 1. The van der Waals surface area contributed by atoms with Crippen molar-refractivity contribution in [2.45, 2.75) is 32.2 Å². The summed E-state index contributed by atoms with van der Waals surface area (Å²) in [7, 11) is 0. The molecule has 1 aromatic carbocycles. The van der Waals surface area contributed by atoms with Gasteiger partial charge in [-0.25, -0.2) is 0 Å². The fourth-order valence-electron chi connectivity index (χ4n) is 1.67. The lowest BCUT2D eigenvalue weighted by molar-refractivity contribution is 0.0962. The van der Waals surface area contributed by atoms with Gasteiger partial charge in [0, 0.05) is 5.56 Å². The lowest BCUT2D eigenvalue weighted by atomic mass is 9.99. The first kappa shape index (κ1) is 12.7. The molecule has 0 aliphatic carbocycles. The van der Waals surface area contributed by atoms with Crippen molar-refractivity contribution in [3.8, 4) is 0 Å². The van der Waals surface area contributed by atoms with E-state index in [0.717, 1.165) is 12.8 Å². The number of aryl methyl sites for hydroxylation is 1. The highest BCUT2D eigenvalue weighted by Gasteiger charge is 2.14. The summed E-state index contributed by atoms with van der Waals surface area (Å²) in [6, 6.07) is 7.26. The summed E-state index contributed by atoms with van der Waals surface area (Å²) < 4.78 is 0. The van der Waals surface area contributed by atoms with E-state index in [0.29, 0.717) is 12.0 Å². The van der Waals surface area contributed by atoms with Gasteiger partial charge in [-0.05, 0) is 24.5 Å². The Kier molecular flexibility index (Phi) is 4.93. The molecule has 0 radical (unpaired) electrons. The third-order valence-corrected chi connectivity index (χ3v) is 2.51. The fourth-order valence-corrected chi connectivity index (χ4v) is 1.67. The lowest BCUT2D eigenvalue weighted by Crippen LogP contribution is -2.29. The van der Waals surface area contributed by atoms with Gasteiger partial charge in [0.2, 0.25) is 0 Å². The number of benzene rings is 1. The predicted molar refractivity (Wildman–Crippen MR) is 67.6 cm³/mol. The molecule has 0 aliphatic rings. The summed E-state index contributed by atoms with van der Waals surface area (Å²) in [6.45, 7) is 5.71. The van der Waals surface area contributed by atoms with Crippen LogP contribution in [0.25, 0.3) is 0 Å². The molecule has 0 spiro atoms. The van der Waals surface area contributed by atoms with Gasteiger partial charge in [0.1, 0.15) is 0 Å². The minimum absolute atomic E-state index is 0.00199. The first-order chi connectivity index (χ1) is 7.69. The van der Waals surface area contributed by atoms with Gasteiger partial charge in [0.15, 0.2) is 5.78 Å². The number of rotatable bonds is 6. The van der Waals surface area contributed by atoms with Gasteiger partial charge in [-0.15, -0.1) is 6.58 Å². The van der Waals surface area contributed by atoms with E-state index in [1.54, 1.807) is 6.08 Å². The third kappa shape index (κ3) is 3.31. The van der Waals surface area contributed by atoms with Gasteiger partial charge < -0.3 is 5.73 Å². The van der Waals surface area contributed by atoms with Crippen molar-refractivity contribution in [2.24, 2.45) is 5.73 Å². The van der Waals surface area contributed by atoms with Crippen LogP contribution in [0.3, 0.4) is 0 Å². The summed E-state index contributed by atoms with van der Waals surface area (Å²) >= 11 is 0. The van der Waals surface area contributed by atoms with Crippen LogP contribution in [0.5, 0.6) is 0 Å². The molecule has 1 atom stereocenters. The van der Waals surface area contributed by atoms with Crippen LogP contribution >= 0.6 is 0 Å². The smallest absolute Gasteiger partial charge is 0.179 e. The van der Waals surface area contributed by atoms with Crippen LogP contribution in [0.1, 0.15) is 35.7 Å². The first-order valence-electron chi connectivity index (χ1n) is 5.68. The van der Waals surface area contributed by atoms with Gasteiger partial charge in [0.05, 0.1) is 6.04 Å². The third-order valence-electron chi connectivity index (χ3n) is 2.51. The van der Waals surface area contributed by atoms with Crippen molar-refractivity contribution in [3.63, 3.8) is 0 Å². The molecule has 1 unspecified atom stereocenters. The zero-order valence-corrected chi connectivity index (χ0v) is 9.78. The second-order valence-corrected chi connectivity index (χ2v) is 3.95. The molecule has 0 aliphatic heterocycles. The molecule has 1 rings (SSSR count). The molecule has 2 heteroatoms. The minimum Gasteiger partial charge on any atom is -0.321 e. The van der Waals surface area contributed by atoms with Crippen LogP contribution in [0.4, 0.5) is 0 Å². The van der Waals surface area contributed by atoms with E-state index < -0.39 is 6.04 Å². The zero-order valence-electron chi connectivity index (χ0n) is 9.78. The van der Waals surface area contributed by atoms with Crippen LogP contribution in [0.2, 0.25) is 0 Å². The Hall–Kier alpha value is -1.41. The number of carbonyl (C=O) groups excluding carboxylic acids is 1. The number of Topliss-reactive ketones (excluding diaryl/α,β-unsaturated/α-hetero) is 1. The maximum absolute atomic E-state index is 11.9. The molecule has 0 saturated carbocycles. The second-order valence-electron chi connectivity index (χ2n) is 3.95. The molecule has 0 aromatic heterocycles. The highest BCUT2D eigenvalue weighted by molar-refractivity contribution is 6.00. The lowest BCUT2D eigenvalue weighted by Gasteiger charge is -2.09. The molecular weight excluding hydrogens is 198 g/mol. The first-order valence-corrected chi connectivity index (χ1v) is 5.68. The van der Waals surface area contributed by atoms with Gasteiger partial charge in [-0.3, -0.25) is 4.79 Å². The van der Waals surface area contributed by atoms with E-state index in [1.807, 2.05) is 24.3 Å². The van der Waals surface area contributed by atoms with E-state index in [-0.39, 0.29) is 5.78 Å². The minimum atomic E-state index is -0.464. The SMILES string of the molecule is C=CCC(N)C(=O)c1cccc(CCC)c1. The average Bonchev–Trinajstić information content (AvgIpc) is 2.29. The van der Waals surface area contributed by atoms with E-state index >= 15 is 0 Å². The summed E-state index contributed by atoms with van der Waals surface area (Å²) in [6.07, 6.45) is 4.28. The normalized spacial score (nSPS) is 12.1. The topological polar surface area (TPSA) is 43.1 Å². The summed E-state index contributed by atoms with van der Waals surface area (Å²) in [4.78, 5) is 11.9. The fraction of sp³-hybridized carbons (Fsp3) is 0.357. The highest BCUT2D eigenvalue weighted by Crippen LogP contribution is 2.10. The number of hydrogen-bond acceptors (Lipinski definition) is 2. The Labute approximate surface area is 97.2 Å². The van der Waals surface area contributed by atoms with Crippen LogP contribution in [-0.4, -0.2) is 11.8 Å². The summed E-state index contributed by atoms with van der Waals surface area (Å²) in [5.41, 5.74) is 7.67. The maximum Gasteiger partial charge on any atom is 0.179 e. The number of carbonyl (C=O) groups is 1. The Balaban J connectivity index is 2.82. The van der Waals surface area contributed by atoms with Gasteiger partial charge in [-0.1, -0.05) is 37.6 Å². The van der Waals surface area contributed by atoms with Gasteiger partial charge in [0.25, 0.3) is 0 Å². The summed E-state index contributed by atoms with van der Waals surface area (Å²) in [5, 5.41) is 0. The van der Waals surface area contributed by atoms with E-state index in [1.165, 1.54) is 5.56 Å². The van der Waals surface area contributed by atoms with E-state index in [2.05, 4.69) is 13.5 Å². The molecule has 0 heterocycles. The molecule has 2 nitrogen and oxygen atoms in total. The Morgan fingerprint density at radius 3 is 2.94 bits per heavy atom. The van der Waals surface area contributed by atoms with Crippen molar-refractivity contribution >= 4 is 5.78 Å². The molecular formula is C14H19NO. The van der Waals surface area contributed by atoms with Crippen molar-refractivity contribution in [3.05, 3.63) is 48.0 Å². The molecule has 0 amide bonds. The number of nitrogens with two attached hydrogens (primary N) is 1. The monoisotopic (exact) mass is 217 g/mol. The molecule has 2 N–H and O–H groups in total.